The van der Waals surface area contributed by atoms with Crippen molar-refractivity contribution >= 4 is 17.5 Å². The molecule has 0 unspecified atom stereocenters. The van der Waals surface area contributed by atoms with E-state index >= 15 is 0 Å². The highest BCUT2D eigenvalue weighted by Gasteiger charge is 2.17. The zero-order chi connectivity index (χ0) is 15.8. The molecule has 1 aromatic rings. The number of anilines is 1. The summed E-state index contributed by atoms with van der Waals surface area (Å²) in [5.74, 6) is -0.508. The summed E-state index contributed by atoms with van der Waals surface area (Å²) in [6.45, 7) is 5.96. The number of nitrogens with one attached hydrogen (secondary N) is 2. The number of hydrogen-bond donors (Lipinski definition) is 3. The van der Waals surface area contributed by atoms with E-state index in [0.29, 0.717) is 11.3 Å². The zero-order valence-electron chi connectivity index (χ0n) is 12.9. The Morgan fingerprint density at radius 1 is 1.19 bits per heavy atom. The lowest BCUT2D eigenvalue weighted by atomic mass is 9.97. The van der Waals surface area contributed by atoms with Crippen LogP contribution in [-0.4, -0.2) is 17.0 Å². The Labute approximate surface area is 125 Å². The van der Waals surface area contributed by atoms with E-state index in [1.165, 1.54) is 0 Å². The van der Waals surface area contributed by atoms with Crippen molar-refractivity contribution in [3.05, 3.63) is 29.3 Å². The SMILES string of the molecule is CCCC(CCC)C(=O)Nc1ccc(C(=O)NO)cc1C. The van der Waals surface area contributed by atoms with Crippen LogP contribution in [0, 0.1) is 12.8 Å². The number of carbonyl (C=O) groups is 2. The van der Waals surface area contributed by atoms with Crippen LogP contribution in [0.15, 0.2) is 18.2 Å². The van der Waals surface area contributed by atoms with E-state index in [4.69, 9.17) is 5.21 Å². The minimum atomic E-state index is -0.564. The average Bonchev–Trinajstić information content (AvgIpc) is 2.48. The Balaban J connectivity index is 2.82. The van der Waals surface area contributed by atoms with Crippen molar-refractivity contribution < 1.29 is 14.8 Å². The van der Waals surface area contributed by atoms with Crippen molar-refractivity contribution in [2.75, 3.05) is 5.32 Å². The van der Waals surface area contributed by atoms with Gasteiger partial charge in [-0.25, -0.2) is 5.48 Å². The van der Waals surface area contributed by atoms with Crippen LogP contribution >= 0.6 is 0 Å². The number of aryl methyl sites for hydroxylation is 1. The molecule has 0 heterocycles. The minimum Gasteiger partial charge on any atom is -0.326 e. The molecule has 0 radical (unpaired) electrons. The third kappa shape index (κ3) is 4.86. The number of amides is 2. The van der Waals surface area contributed by atoms with Gasteiger partial charge in [-0.15, -0.1) is 0 Å². The van der Waals surface area contributed by atoms with Gasteiger partial charge in [-0.1, -0.05) is 26.7 Å². The van der Waals surface area contributed by atoms with Crippen molar-refractivity contribution in [3.8, 4) is 0 Å². The van der Waals surface area contributed by atoms with Gasteiger partial charge in [0.15, 0.2) is 0 Å². The van der Waals surface area contributed by atoms with Crippen LogP contribution in [-0.2, 0) is 4.79 Å². The molecular weight excluding hydrogens is 268 g/mol. The molecule has 5 nitrogen and oxygen atoms in total. The second-order valence-corrected chi connectivity index (χ2v) is 5.23. The maximum atomic E-state index is 12.3. The lowest BCUT2D eigenvalue weighted by Gasteiger charge is -2.16. The third-order valence-electron chi connectivity index (χ3n) is 3.49. The van der Waals surface area contributed by atoms with Gasteiger partial charge in [0, 0.05) is 17.2 Å². The predicted octanol–water partition coefficient (Wildman–Crippen LogP) is 3.27. The van der Waals surface area contributed by atoms with Gasteiger partial charge in [0.05, 0.1) is 0 Å². The predicted molar refractivity (Wildman–Crippen MR) is 82.4 cm³/mol. The summed E-state index contributed by atoms with van der Waals surface area (Å²) >= 11 is 0. The van der Waals surface area contributed by atoms with Gasteiger partial charge in [0.1, 0.15) is 0 Å². The lowest BCUT2D eigenvalue weighted by molar-refractivity contribution is -0.120. The normalized spacial score (nSPS) is 10.5. The van der Waals surface area contributed by atoms with E-state index in [0.717, 1.165) is 31.2 Å². The Morgan fingerprint density at radius 2 is 1.81 bits per heavy atom. The first-order valence-electron chi connectivity index (χ1n) is 7.39. The van der Waals surface area contributed by atoms with Crippen LogP contribution in [0.5, 0.6) is 0 Å². The van der Waals surface area contributed by atoms with Crippen LogP contribution in [0.2, 0.25) is 0 Å². The molecule has 2 amide bonds. The van der Waals surface area contributed by atoms with E-state index in [1.54, 1.807) is 23.7 Å². The smallest absolute Gasteiger partial charge is 0.274 e. The van der Waals surface area contributed by atoms with Crippen molar-refractivity contribution in [2.24, 2.45) is 5.92 Å². The van der Waals surface area contributed by atoms with Crippen LogP contribution < -0.4 is 10.8 Å². The summed E-state index contributed by atoms with van der Waals surface area (Å²) < 4.78 is 0. The van der Waals surface area contributed by atoms with Crippen molar-refractivity contribution in [1.29, 1.82) is 0 Å². The summed E-state index contributed by atoms with van der Waals surface area (Å²) in [5, 5.41) is 11.5. The van der Waals surface area contributed by atoms with E-state index in [9.17, 15) is 9.59 Å². The molecule has 0 aliphatic heterocycles. The van der Waals surface area contributed by atoms with E-state index in [2.05, 4.69) is 19.2 Å². The van der Waals surface area contributed by atoms with Gasteiger partial charge in [-0.3, -0.25) is 14.8 Å². The quantitative estimate of drug-likeness (QED) is 0.533. The maximum Gasteiger partial charge on any atom is 0.274 e. The van der Waals surface area contributed by atoms with Crippen LogP contribution in [0.4, 0.5) is 5.69 Å². The van der Waals surface area contributed by atoms with Gasteiger partial charge >= 0.3 is 0 Å². The zero-order valence-corrected chi connectivity index (χ0v) is 12.9. The minimum absolute atomic E-state index is 0.0276. The Morgan fingerprint density at radius 3 is 2.29 bits per heavy atom. The average molecular weight is 292 g/mol. The second-order valence-electron chi connectivity index (χ2n) is 5.23. The second kappa shape index (κ2) is 8.42. The van der Waals surface area contributed by atoms with Crippen LogP contribution in [0.25, 0.3) is 0 Å². The van der Waals surface area contributed by atoms with Crippen LogP contribution in [0.3, 0.4) is 0 Å². The number of benzene rings is 1. The van der Waals surface area contributed by atoms with Gasteiger partial charge in [0.25, 0.3) is 5.91 Å². The number of carbonyl (C=O) groups excluding carboxylic acids is 2. The molecule has 0 atom stereocenters. The summed E-state index contributed by atoms with van der Waals surface area (Å²) in [6, 6.07) is 4.89. The molecule has 0 saturated carbocycles. The van der Waals surface area contributed by atoms with E-state index in [-0.39, 0.29) is 11.8 Å². The van der Waals surface area contributed by atoms with Gasteiger partial charge in [-0.2, -0.15) is 0 Å². The third-order valence-corrected chi connectivity index (χ3v) is 3.49. The Kier molecular flexibility index (Phi) is 6.88. The van der Waals surface area contributed by atoms with E-state index < -0.39 is 5.91 Å². The highest BCUT2D eigenvalue weighted by Crippen LogP contribution is 2.20. The van der Waals surface area contributed by atoms with Gasteiger partial charge in [0.2, 0.25) is 5.91 Å². The standard InChI is InChI=1S/C16H24N2O3/c1-4-6-12(7-5-2)15(19)17-14-9-8-13(10-11(14)3)16(20)18-21/h8-10,12,21H,4-7H2,1-3H3,(H,17,19)(H,18,20). The number of hydroxylamine groups is 1. The molecule has 116 valence electrons. The lowest BCUT2D eigenvalue weighted by Crippen LogP contribution is -2.23. The molecule has 1 aromatic carbocycles. The largest absolute Gasteiger partial charge is 0.326 e. The summed E-state index contributed by atoms with van der Waals surface area (Å²) in [4.78, 5) is 23.6. The molecule has 0 spiro atoms. The molecular formula is C16H24N2O3. The molecule has 0 aromatic heterocycles. The van der Waals surface area contributed by atoms with Crippen molar-refractivity contribution in [1.82, 2.24) is 5.48 Å². The van der Waals surface area contributed by atoms with E-state index in [1.807, 2.05) is 6.92 Å². The fourth-order valence-electron chi connectivity index (χ4n) is 2.35. The molecule has 0 aliphatic rings. The fraction of sp³-hybridized carbons (Fsp3) is 0.500. The summed E-state index contributed by atoms with van der Waals surface area (Å²) in [6.07, 6.45) is 3.72. The molecule has 21 heavy (non-hydrogen) atoms. The Bertz CT molecular complexity index is 494. The molecule has 5 heteroatoms. The maximum absolute atomic E-state index is 12.3. The molecule has 1 rings (SSSR count). The molecule has 0 fully saturated rings. The first-order valence-corrected chi connectivity index (χ1v) is 7.39. The molecule has 0 aliphatic carbocycles. The van der Waals surface area contributed by atoms with Crippen LogP contribution in [0.1, 0.15) is 55.5 Å². The van der Waals surface area contributed by atoms with Crippen molar-refractivity contribution in [2.45, 2.75) is 46.5 Å². The topological polar surface area (TPSA) is 78.4 Å². The molecule has 0 saturated heterocycles. The molecule has 3 N–H and O–H groups in total. The number of rotatable bonds is 7. The molecule has 0 bridgehead atoms. The monoisotopic (exact) mass is 292 g/mol. The number of hydrogen-bond acceptors (Lipinski definition) is 3. The Hall–Kier alpha value is -1.88. The highest BCUT2D eigenvalue weighted by molar-refractivity contribution is 5.96. The van der Waals surface area contributed by atoms with Gasteiger partial charge < -0.3 is 5.32 Å². The summed E-state index contributed by atoms with van der Waals surface area (Å²) in [5.41, 5.74) is 3.44. The first kappa shape index (κ1) is 17.2. The first-order chi connectivity index (χ1) is 10.0. The fourth-order valence-corrected chi connectivity index (χ4v) is 2.35. The van der Waals surface area contributed by atoms with Crippen molar-refractivity contribution in [3.63, 3.8) is 0 Å². The highest BCUT2D eigenvalue weighted by atomic mass is 16.5. The summed E-state index contributed by atoms with van der Waals surface area (Å²) in [7, 11) is 0. The van der Waals surface area contributed by atoms with Gasteiger partial charge in [-0.05, 0) is 43.5 Å².